The summed E-state index contributed by atoms with van der Waals surface area (Å²) in [4.78, 5) is 11.8. The summed E-state index contributed by atoms with van der Waals surface area (Å²) in [5, 5.41) is 0. The van der Waals surface area contributed by atoms with Crippen molar-refractivity contribution < 1.29 is 4.79 Å². The molecule has 0 amide bonds. The number of aliphatic imine (C=N–C) groups is 1. The fourth-order valence-electron chi connectivity index (χ4n) is 0. The third kappa shape index (κ3) is 19.0. The Morgan fingerprint density at radius 1 is 1.80 bits per heavy atom. The molecule has 0 fully saturated rings. The smallest absolute Gasteiger partial charge is 0.211 e. The number of carbonyl (C=O) groups excluding carboxylic acids is 1. The van der Waals surface area contributed by atoms with E-state index in [1.807, 2.05) is 0 Å². The molecule has 1 unspecified atom stereocenters. The maximum atomic E-state index is 8.88. The summed E-state index contributed by atoms with van der Waals surface area (Å²) in [6.45, 7) is 0. The lowest BCUT2D eigenvalue weighted by Gasteiger charge is -1.36. The maximum absolute atomic E-state index is 8.88. The number of rotatable bonds is 0. The molecule has 0 N–H and O–H groups in total. The molecule has 3 heteroatoms. The molecule has 5 heavy (non-hydrogen) atoms. The molecule has 30 valence electrons. The molecule has 0 aromatic rings. The van der Waals surface area contributed by atoms with Gasteiger partial charge in [-0.2, -0.15) is 9.90 Å². The second-order valence-electron chi connectivity index (χ2n) is 0.315. The van der Waals surface area contributed by atoms with Crippen LogP contribution in [0, 0.1) is 0 Å². The van der Waals surface area contributed by atoms with Gasteiger partial charge in [0.25, 0.3) is 0 Å². The summed E-state index contributed by atoms with van der Waals surface area (Å²) in [6.07, 6.45) is 1.31. The Hall–Kier alpha value is -0.190. The third-order valence-electron chi connectivity index (χ3n) is 0.0913. The van der Waals surface area contributed by atoms with Crippen molar-refractivity contribution in [3.63, 3.8) is 0 Å². The number of nitrogens with zero attached hydrogens (tertiary/aromatic N) is 1. The monoisotopic (exact) mass is 91.0 g/mol. The summed E-state index contributed by atoms with van der Waals surface area (Å²) in [6, 6.07) is 0. The average Bonchev–Trinajstić information content (AvgIpc) is 1.37. The normalized spacial score (nSPS) is 3.40. The lowest BCUT2D eigenvalue weighted by Crippen LogP contribution is -1.38. The topological polar surface area (TPSA) is 29.4 Å². The van der Waals surface area contributed by atoms with E-state index in [4.69, 9.17) is 4.79 Å². The zero-order chi connectivity index (χ0) is 3.41. The molecule has 0 aliphatic carbocycles. The van der Waals surface area contributed by atoms with Crippen molar-refractivity contribution >= 4 is 16.0 Å². The van der Waals surface area contributed by atoms with Crippen molar-refractivity contribution in [2.75, 3.05) is 7.05 Å². The van der Waals surface area contributed by atoms with E-state index in [0.717, 1.165) is 0 Å². The van der Waals surface area contributed by atoms with Gasteiger partial charge in [-0.15, -0.1) is 0 Å². The molecule has 0 saturated carbocycles. The van der Waals surface area contributed by atoms with Crippen LogP contribution >= 0.6 is 9.90 Å². The van der Waals surface area contributed by atoms with E-state index in [9.17, 15) is 0 Å². The van der Waals surface area contributed by atoms with E-state index in [-0.39, 0.29) is 9.90 Å². The fraction of sp³-hybridized carbons (Fsp3) is 0.500. The molecule has 0 aromatic carbocycles. The predicted octanol–water partition coefficient (Wildman–Crippen LogP) is 0.0101. The molecule has 0 heterocycles. The van der Waals surface area contributed by atoms with Crippen LogP contribution in [0.15, 0.2) is 4.99 Å². The van der Waals surface area contributed by atoms with Crippen LogP contribution in [0.5, 0.6) is 0 Å². The van der Waals surface area contributed by atoms with E-state index in [1.54, 1.807) is 0 Å². The second kappa shape index (κ2) is 9.18. The van der Waals surface area contributed by atoms with Crippen LogP contribution in [0.4, 0.5) is 0 Å². The average molecular weight is 91.0 g/mol. The first-order chi connectivity index (χ1) is 1.91. The maximum Gasteiger partial charge on any atom is 0.234 e. The Morgan fingerprint density at radius 2 is 2.00 bits per heavy atom. The van der Waals surface area contributed by atoms with Gasteiger partial charge in [-0.25, -0.2) is 9.79 Å². The molecule has 0 radical (unpaired) electrons. The van der Waals surface area contributed by atoms with Crippen molar-refractivity contribution in [1.82, 2.24) is 0 Å². The molecule has 0 aliphatic heterocycles. The summed E-state index contributed by atoms with van der Waals surface area (Å²) >= 11 is 0. The highest BCUT2D eigenvalue weighted by Gasteiger charge is 1.29. The van der Waals surface area contributed by atoms with Crippen LogP contribution in [0.25, 0.3) is 0 Å². The highest BCUT2D eigenvalue weighted by molar-refractivity contribution is 6.92. The summed E-state index contributed by atoms with van der Waals surface area (Å²) in [5.74, 6) is 0. The number of hydrogen-bond acceptors (Lipinski definition) is 2. The molecule has 0 aromatic heterocycles. The van der Waals surface area contributed by atoms with Crippen molar-refractivity contribution in [3.05, 3.63) is 0 Å². The summed E-state index contributed by atoms with van der Waals surface area (Å²) in [5.41, 5.74) is 0. The Labute approximate surface area is 33.9 Å². The Balaban J connectivity index is 0. The van der Waals surface area contributed by atoms with Gasteiger partial charge in [0.2, 0.25) is 6.08 Å². The molecular weight excluding hydrogens is 85.0 g/mol. The van der Waals surface area contributed by atoms with E-state index in [2.05, 4.69) is 4.99 Å². The standard InChI is InChI=1S/C2H3NO.H3P/c1-3-2-4;/h1H3;1H3. The van der Waals surface area contributed by atoms with E-state index < -0.39 is 0 Å². The number of isocyanates is 1. The van der Waals surface area contributed by atoms with E-state index in [1.165, 1.54) is 13.1 Å². The second-order valence-corrected chi connectivity index (χ2v) is 0.315. The van der Waals surface area contributed by atoms with Gasteiger partial charge in [0, 0.05) is 7.05 Å². The van der Waals surface area contributed by atoms with Crippen LogP contribution in [0.3, 0.4) is 0 Å². The molecule has 0 bridgehead atoms. The van der Waals surface area contributed by atoms with Crippen LogP contribution < -0.4 is 0 Å². The molecule has 0 spiro atoms. The Bertz CT molecular complexity index is 47.6. The summed E-state index contributed by atoms with van der Waals surface area (Å²) < 4.78 is 0. The largest absolute Gasteiger partial charge is 0.234 e. The van der Waals surface area contributed by atoms with Crippen molar-refractivity contribution in [1.29, 1.82) is 0 Å². The van der Waals surface area contributed by atoms with Gasteiger partial charge in [-0.1, -0.05) is 0 Å². The molecular formula is C2H6NOP. The van der Waals surface area contributed by atoms with Crippen LogP contribution in [0.1, 0.15) is 0 Å². The van der Waals surface area contributed by atoms with E-state index >= 15 is 0 Å². The van der Waals surface area contributed by atoms with Crippen LogP contribution in [-0.2, 0) is 4.79 Å². The SMILES string of the molecule is CN=C=O.P. The van der Waals surface area contributed by atoms with Crippen molar-refractivity contribution in [2.45, 2.75) is 0 Å². The van der Waals surface area contributed by atoms with Crippen molar-refractivity contribution in [3.8, 4) is 0 Å². The quantitative estimate of drug-likeness (QED) is 0.234. The van der Waals surface area contributed by atoms with Gasteiger partial charge in [0.05, 0.1) is 0 Å². The lowest BCUT2D eigenvalue weighted by molar-refractivity contribution is 0.564. The molecule has 2 nitrogen and oxygen atoms in total. The van der Waals surface area contributed by atoms with Gasteiger partial charge in [0.1, 0.15) is 0 Å². The van der Waals surface area contributed by atoms with Gasteiger partial charge in [-0.3, -0.25) is 0 Å². The van der Waals surface area contributed by atoms with Gasteiger partial charge in [0.15, 0.2) is 0 Å². The van der Waals surface area contributed by atoms with Gasteiger partial charge < -0.3 is 0 Å². The minimum Gasteiger partial charge on any atom is -0.211 e. The minimum atomic E-state index is 0. The molecule has 0 aliphatic rings. The van der Waals surface area contributed by atoms with Gasteiger partial charge in [-0.05, 0) is 0 Å². The fourth-order valence-corrected chi connectivity index (χ4v) is 0. The molecule has 1 atom stereocenters. The van der Waals surface area contributed by atoms with Gasteiger partial charge >= 0.3 is 0 Å². The first kappa shape index (κ1) is 8.84. The summed E-state index contributed by atoms with van der Waals surface area (Å²) in [7, 11) is 1.38. The molecule has 0 rings (SSSR count). The van der Waals surface area contributed by atoms with Crippen LogP contribution in [0.2, 0.25) is 0 Å². The molecule has 0 saturated heterocycles. The van der Waals surface area contributed by atoms with Crippen molar-refractivity contribution in [2.24, 2.45) is 4.99 Å². The highest BCUT2D eigenvalue weighted by Crippen LogP contribution is 1.28. The van der Waals surface area contributed by atoms with E-state index in [0.29, 0.717) is 0 Å². The zero-order valence-corrected chi connectivity index (χ0v) is 4.48. The zero-order valence-electron chi connectivity index (χ0n) is 3.06. The first-order valence-corrected chi connectivity index (χ1v) is 0.875. The minimum absolute atomic E-state index is 0. The Morgan fingerprint density at radius 3 is 2.00 bits per heavy atom. The highest BCUT2D eigenvalue weighted by atomic mass is 31.0. The third-order valence-corrected chi connectivity index (χ3v) is 0.0913. The predicted molar refractivity (Wildman–Crippen MR) is 25.2 cm³/mol. The number of hydrogen-bond donors (Lipinski definition) is 0. The Kier molecular flexibility index (Phi) is 16.2. The first-order valence-electron chi connectivity index (χ1n) is 0.875. The van der Waals surface area contributed by atoms with Crippen LogP contribution in [-0.4, -0.2) is 13.1 Å². The lowest BCUT2D eigenvalue weighted by atomic mass is 11.4.